The summed E-state index contributed by atoms with van der Waals surface area (Å²) in [5.41, 5.74) is 0.400. The molecule has 0 fully saturated rings. The molecule has 0 amide bonds. The number of aliphatic carboxylic acids is 1. The van der Waals surface area contributed by atoms with Gasteiger partial charge in [-0.2, -0.15) is 0 Å². The number of rotatable bonds is 7. The van der Waals surface area contributed by atoms with Gasteiger partial charge < -0.3 is 14.9 Å². The first-order valence-electron chi connectivity index (χ1n) is 5.72. The fourth-order valence-electron chi connectivity index (χ4n) is 1.49. The maximum Gasteiger partial charge on any atom is 0.324 e. The summed E-state index contributed by atoms with van der Waals surface area (Å²) in [4.78, 5) is 22.8. The zero-order chi connectivity index (χ0) is 13.4. The van der Waals surface area contributed by atoms with Crippen molar-refractivity contribution in [3.8, 4) is 0 Å². The highest BCUT2D eigenvalue weighted by Gasteiger charge is 2.29. The van der Waals surface area contributed by atoms with Crippen molar-refractivity contribution in [1.29, 1.82) is 0 Å². The molecule has 0 heterocycles. The fraction of sp³-hybridized carbons (Fsp3) is 0.385. The molecule has 0 spiro atoms. The topological polar surface area (TPSA) is 83.8 Å². The maximum absolute atomic E-state index is 11.7. The highest BCUT2D eigenvalue weighted by molar-refractivity contribution is 5.99. The van der Waals surface area contributed by atoms with Gasteiger partial charge in [0, 0.05) is 6.61 Å². The third kappa shape index (κ3) is 4.18. The van der Waals surface area contributed by atoms with Crippen molar-refractivity contribution < 1.29 is 24.5 Å². The third-order valence-electron chi connectivity index (χ3n) is 2.41. The first-order valence-corrected chi connectivity index (χ1v) is 5.72. The zero-order valence-electron chi connectivity index (χ0n) is 9.91. The minimum Gasteiger partial charge on any atom is -0.480 e. The van der Waals surface area contributed by atoms with E-state index in [1.54, 1.807) is 30.3 Å². The quantitative estimate of drug-likeness (QED) is 0.432. The number of aliphatic hydroxyl groups excluding tert-OH is 1. The average Bonchev–Trinajstić information content (AvgIpc) is 2.36. The summed E-state index contributed by atoms with van der Waals surface area (Å²) in [6, 6.07) is 8.24. The van der Waals surface area contributed by atoms with Crippen LogP contribution in [0.4, 0.5) is 0 Å². The predicted octanol–water partition coefficient (Wildman–Crippen LogP) is 1.17. The minimum atomic E-state index is -1.29. The molecule has 1 atom stereocenters. The van der Waals surface area contributed by atoms with Gasteiger partial charge >= 0.3 is 11.9 Å². The number of unbranched alkanes of at least 4 members (excludes halogenated alkanes) is 1. The van der Waals surface area contributed by atoms with Crippen molar-refractivity contribution in [2.45, 2.75) is 18.8 Å². The molecule has 0 aliphatic carbocycles. The largest absolute Gasteiger partial charge is 0.480 e. The number of hydrogen-bond acceptors (Lipinski definition) is 4. The second-order valence-corrected chi connectivity index (χ2v) is 3.78. The Hall–Kier alpha value is -1.88. The van der Waals surface area contributed by atoms with E-state index in [1.807, 2.05) is 0 Å². The van der Waals surface area contributed by atoms with E-state index in [-0.39, 0.29) is 13.2 Å². The molecule has 1 aromatic rings. The lowest BCUT2D eigenvalue weighted by atomic mass is 10.00. The Morgan fingerprint density at radius 2 is 1.83 bits per heavy atom. The van der Waals surface area contributed by atoms with Crippen LogP contribution in [0.15, 0.2) is 30.3 Å². The van der Waals surface area contributed by atoms with Crippen LogP contribution in [0.2, 0.25) is 0 Å². The Morgan fingerprint density at radius 3 is 2.39 bits per heavy atom. The monoisotopic (exact) mass is 252 g/mol. The fourth-order valence-corrected chi connectivity index (χ4v) is 1.49. The van der Waals surface area contributed by atoms with E-state index in [0.717, 1.165) is 0 Å². The molecule has 5 nitrogen and oxygen atoms in total. The third-order valence-corrected chi connectivity index (χ3v) is 2.41. The zero-order valence-corrected chi connectivity index (χ0v) is 9.91. The lowest BCUT2D eigenvalue weighted by Crippen LogP contribution is -2.24. The molecule has 2 N–H and O–H groups in total. The highest BCUT2D eigenvalue weighted by atomic mass is 16.5. The molecule has 0 radical (unpaired) electrons. The van der Waals surface area contributed by atoms with Gasteiger partial charge in [0.25, 0.3) is 0 Å². The normalized spacial score (nSPS) is 11.8. The van der Waals surface area contributed by atoms with E-state index in [2.05, 4.69) is 0 Å². The molecule has 0 saturated carbocycles. The van der Waals surface area contributed by atoms with E-state index in [9.17, 15) is 9.59 Å². The first kappa shape index (κ1) is 14.2. The van der Waals surface area contributed by atoms with Gasteiger partial charge in [0.2, 0.25) is 0 Å². The Balaban J connectivity index is 2.63. The van der Waals surface area contributed by atoms with E-state index >= 15 is 0 Å². The number of benzene rings is 1. The standard InChI is InChI=1S/C13H16O5/c14-8-4-5-9-18-13(17)11(12(15)16)10-6-2-1-3-7-10/h1-3,6-7,11,14H,4-5,8-9H2,(H,15,16). The van der Waals surface area contributed by atoms with Crippen LogP contribution in [-0.2, 0) is 14.3 Å². The molecule has 0 aliphatic heterocycles. The minimum absolute atomic E-state index is 0.0264. The van der Waals surface area contributed by atoms with Crippen molar-refractivity contribution in [3.63, 3.8) is 0 Å². The van der Waals surface area contributed by atoms with Crippen molar-refractivity contribution in [2.24, 2.45) is 0 Å². The van der Waals surface area contributed by atoms with Crippen LogP contribution in [-0.4, -0.2) is 35.4 Å². The van der Waals surface area contributed by atoms with Gasteiger partial charge in [-0.1, -0.05) is 30.3 Å². The Bertz CT molecular complexity index is 388. The molecule has 1 rings (SSSR count). The SMILES string of the molecule is O=C(O)C(C(=O)OCCCCO)c1ccccc1. The van der Waals surface area contributed by atoms with Crippen LogP contribution in [0.3, 0.4) is 0 Å². The summed E-state index contributed by atoms with van der Waals surface area (Å²) in [7, 11) is 0. The summed E-state index contributed by atoms with van der Waals surface area (Å²) < 4.78 is 4.89. The van der Waals surface area contributed by atoms with Crippen LogP contribution in [0.1, 0.15) is 24.3 Å². The number of carboxylic acids is 1. The van der Waals surface area contributed by atoms with Crippen molar-refractivity contribution in [2.75, 3.05) is 13.2 Å². The first-order chi connectivity index (χ1) is 8.66. The van der Waals surface area contributed by atoms with E-state index in [4.69, 9.17) is 14.9 Å². The molecule has 18 heavy (non-hydrogen) atoms. The smallest absolute Gasteiger partial charge is 0.324 e. The van der Waals surface area contributed by atoms with E-state index < -0.39 is 17.9 Å². The molecule has 0 aliphatic rings. The summed E-state index contributed by atoms with van der Waals surface area (Å²) in [6.45, 7) is 0.147. The number of aliphatic hydroxyl groups is 1. The molecule has 5 heteroatoms. The second kappa shape index (κ2) is 7.45. The Kier molecular flexibility index (Phi) is 5.87. The van der Waals surface area contributed by atoms with Gasteiger partial charge in [0.1, 0.15) is 0 Å². The Morgan fingerprint density at radius 1 is 1.17 bits per heavy atom. The van der Waals surface area contributed by atoms with Crippen molar-refractivity contribution in [3.05, 3.63) is 35.9 Å². The number of ether oxygens (including phenoxy) is 1. The van der Waals surface area contributed by atoms with Crippen molar-refractivity contribution in [1.82, 2.24) is 0 Å². The van der Waals surface area contributed by atoms with E-state index in [1.165, 1.54) is 0 Å². The van der Waals surface area contributed by atoms with Gasteiger partial charge in [-0.15, -0.1) is 0 Å². The summed E-state index contributed by atoms with van der Waals surface area (Å²) >= 11 is 0. The van der Waals surface area contributed by atoms with Crippen LogP contribution < -0.4 is 0 Å². The van der Waals surface area contributed by atoms with Gasteiger partial charge in [-0.25, -0.2) is 0 Å². The molecule has 0 bridgehead atoms. The predicted molar refractivity (Wildman–Crippen MR) is 64.1 cm³/mol. The summed E-state index contributed by atoms with van der Waals surface area (Å²) in [6.07, 6.45) is 1.04. The van der Waals surface area contributed by atoms with Gasteiger partial charge in [0.15, 0.2) is 5.92 Å². The average molecular weight is 252 g/mol. The lowest BCUT2D eigenvalue weighted by Gasteiger charge is -2.12. The molecule has 98 valence electrons. The van der Waals surface area contributed by atoms with Crippen LogP contribution in [0, 0.1) is 0 Å². The number of carboxylic acid groups (broad SMARTS) is 1. The molecule has 0 saturated heterocycles. The number of carbonyl (C=O) groups excluding carboxylic acids is 1. The van der Waals surface area contributed by atoms with Crippen molar-refractivity contribution >= 4 is 11.9 Å². The van der Waals surface area contributed by atoms with Crippen LogP contribution >= 0.6 is 0 Å². The van der Waals surface area contributed by atoms with Crippen LogP contribution in [0.5, 0.6) is 0 Å². The number of esters is 1. The molecule has 0 aromatic heterocycles. The molecule has 1 aromatic carbocycles. The lowest BCUT2D eigenvalue weighted by molar-refractivity contribution is -0.154. The van der Waals surface area contributed by atoms with Gasteiger partial charge in [0.05, 0.1) is 6.61 Å². The van der Waals surface area contributed by atoms with Gasteiger partial charge in [-0.3, -0.25) is 9.59 Å². The maximum atomic E-state index is 11.7. The van der Waals surface area contributed by atoms with Gasteiger partial charge in [-0.05, 0) is 18.4 Å². The number of carbonyl (C=O) groups is 2. The van der Waals surface area contributed by atoms with Crippen LogP contribution in [0.25, 0.3) is 0 Å². The van der Waals surface area contributed by atoms with E-state index in [0.29, 0.717) is 18.4 Å². The number of hydrogen-bond donors (Lipinski definition) is 2. The summed E-state index contributed by atoms with van der Waals surface area (Å²) in [5, 5.41) is 17.6. The molecular formula is C13H16O5. The molecule has 1 unspecified atom stereocenters. The summed E-state index contributed by atoms with van der Waals surface area (Å²) in [5.74, 6) is -3.29. The second-order valence-electron chi connectivity index (χ2n) is 3.78. The highest BCUT2D eigenvalue weighted by Crippen LogP contribution is 2.17. The molecular weight excluding hydrogens is 236 g/mol. The Labute approximate surface area is 105 Å².